The first-order chi connectivity index (χ1) is 29.4. The molecule has 3 aliphatic heterocycles. The van der Waals surface area contributed by atoms with E-state index in [0.717, 1.165) is 5.56 Å². The molecule has 6 aromatic rings. The van der Waals surface area contributed by atoms with E-state index in [4.69, 9.17) is 9.47 Å². The zero-order valence-electron chi connectivity index (χ0n) is 33.7. The Hall–Kier alpha value is -6.55. The number of aromatic nitrogens is 3. The minimum absolute atomic E-state index is 0.0348. The van der Waals surface area contributed by atoms with Crippen molar-refractivity contribution >= 4 is 43.0 Å². The third-order valence-corrected chi connectivity index (χ3v) is 14.7. The van der Waals surface area contributed by atoms with E-state index >= 15 is 8.90 Å². The molecule has 3 aliphatic rings. The fraction of sp³-hybridized carbons (Fsp3) is 0.261. The topological polar surface area (TPSA) is 153 Å². The molecule has 2 amide bonds. The molecule has 61 heavy (non-hydrogen) atoms. The molecule has 0 aliphatic carbocycles. The van der Waals surface area contributed by atoms with Gasteiger partial charge in [0.05, 0.1) is 52.7 Å². The van der Waals surface area contributed by atoms with Crippen LogP contribution >= 0.6 is 0 Å². The SMILES string of the molecule is C[C@@H]1[C@@H]([Si](C)(C)F)[C@H](CCn2cc(C(CO)c3ccccc3)nn2)O[C@@]12C(=O)N(Cc1cccc(N3C(=O)c4ccccc4Oc4ccccc43)c1)c1ccc([N+](=O)[O-])cc12. The van der Waals surface area contributed by atoms with Crippen LogP contribution in [-0.2, 0) is 28.2 Å². The Morgan fingerprint density at radius 2 is 1.66 bits per heavy atom. The first-order valence-electron chi connectivity index (χ1n) is 20.2. The average molecular weight is 839 g/mol. The molecular formula is C46H43FN6O7Si. The molecule has 1 N–H and O–H groups in total. The van der Waals surface area contributed by atoms with Crippen LogP contribution in [0.4, 0.5) is 26.9 Å². The van der Waals surface area contributed by atoms with Crippen molar-refractivity contribution < 1.29 is 33.2 Å². The van der Waals surface area contributed by atoms with Gasteiger partial charge in [-0.3, -0.25) is 29.3 Å². The summed E-state index contributed by atoms with van der Waals surface area (Å²) in [6.45, 7) is 5.17. The minimum atomic E-state index is -3.57. The first kappa shape index (κ1) is 39.9. The number of aryl methyl sites for hydroxylation is 1. The lowest BCUT2D eigenvalue weighted by molar-refractivity contribution is -0.385. The highest BCUT2D eigenvalue weighted by Gasteiger charge is 2.67. The largest absolute Gasteiger partial charge is 0.454 e. The van der Waals surface area contributed by atoms with Crippen LogP contribution in [0.5, 0.6) is 11.5 Å². The zero-order valence-corrected chi connectivity index (χ0v) is 34.7. The summed E-state index contributed by atoms with van der Waals surface area (Å²) < 4.78 is 31.4. The predicted octanol–water partition coefficient (Wildman–Crippen LogP) is 8.81. The zero-order chi connectivity index (χ0) is 42.6. The van der Waals surface area contributed by atoms with Crippen LogP contribution in [0.15, 0.2) is 128 Å². The number of fused-ring (bicyclic) bond motifs is 4. The second-order valence-corrected chi connectivity index (χ2v) is 20.1. The number of ether oxygens (including phenoxy) is 2. The van der Waals surface area contributed by atoms with Crippen molar-refractivity contribution in [1.29, 1.82) is 0 Å². The van der Waals surface area contributed by atoms with Crippen molar-refractivity contribution in [2.24, 2.45) is 5.92 Å². The average Bonchev–Trinajstić information content (AvgIpc) is 3.88. The Labute approximate surface area is 352 Å². The lowest BCUT2D eigenvalue weighted by Gasteiger charge is -2.31. The quantitative estimate of drug-likeness (QED) is 0.0584. The van der Waals surface area contributed by atoms with E-state index in [2.05, 4.69) is 10.3 Å². The molecule has 5 atom stereocenters. The van der Waals surface area contributed by atoms with Gasteiger partial charge in [0.15, 0.2) is 11.4 Å². The third-order valence-electron chi connectivity index (χ3n) is 12.3. The fourth-order valence-electron chi connectivity index (χ4n) is 9.51. The number of carbonyl (C=O) groups is 2. The number of para-hydroxylation sites is 3. The van der Waals surface area contributed by atoms with Crippen molar-refractivity contribution in [3.8, 4) is 11.5 Å². The van der Waals surface area contributed by atoms with Crippen LogP contribution in [0.1, 0.15) is 52.0 Å². The number of hydrogen-bond acceptors (Lipinski definition) is 9. The number of rotatable bonds is 11. The van der Waals surface area contributed by atoms with Gasteiger partial charge in [0.1, 0.15) is 5.75 Å². The summed E-state index contributed by atoms with van der Waals surface area (Å²) in [6.07, 6.45) is 1.30. The van der Waals surface area contributed by atoms with Gasteiger partial charge in [-0.25, -0.2) is 0 Å². The second kappa shape index (κ2) is 15.5. The standard InChI is InChI=1S/C46H43FN6O7Si/c1-29-43(61(2,3)47)42(22-23-50-27-37(48-49-50)35(28-54)31-13-5-4-6-14-31)60-46(29)36-25-33(53(57)58)20-21-38(36)51(45(46)56)26-30-12-11-15-32(24-30)52-39-17-8-10-19-41(39)59-40-18-9-7-16-34(40)44(52)55/h4-21,24-25,27,29,35,42-43,54H,22-23,26,28H2,1-3H3/t29-,35?,42+,43-,46+/m1/s1. The van der Waals surface area contributed by atoms with E-state index in [1.165, 1.54) is 12.1 Å². The van der Waals surface area contributed by atoms with Gasteiger partial charge in [0, 0.05) is 47.6 Å². The molecule has 15 heteroatoms. The highest BCUT2D eigenvalue weighted by Crippen LogP contribution is 2.61. The lowest BCUT2D eigenvalue weighted by Crippen LogP contribution is -2.45. The number of nitrogens with zero attached hydrogens (tertiary/aromatic N) is 6. The van der Waals surface area contributed by atoms with Gasteiger partial charge in [0.2, 0.25) is 8.41 Å². The van der Waals surface area contributed by atoms with Gasteiger partial charge in [-0.05, 0) is 73.1 Å². The van der Waals surface area contributed by atoms with E-state index in [0.29, 0.717) is 50.9 Å². The van der Waals surface area contributed by atoms with E-state index < -0.39 is 42.4 Å². The minimum Gasteiger partial charge on any atom is -0.454 e. The Morgan fingerprint density at radius 1 is 0.918 bits per heavy atom. The Kier molecular flexibility index (Phi) is 10.1. The summed E-state index contributed by atoms with van der Waals surface area (Å²) in [5, 5.41) is 31.1. The van der Waals surface area contributed by atoms with E-state index in [9.17, 15) is 20.0 Å². The summed E-state index contributed by atoms with van der Waals surface area (Å²) in [5.41, 5.74) is 1.79. The Balaban J connectivity index is 1.05. The number of nitro benzene ring substituents is 1. The Morgan fingerprint density at radius 3 is 2.41 bits per heavy atom. The maximum atomic E-state index is 16.7. The van der Waals surface area contributed by atoms with Crippen LogP contribution in [0.25, 0.3) is 0 Å². The molecule has 1 fully saturated rings. The molecule has 0 bridgehead atoms. The molecule has 0 radical (unpaired) electrons. The van der Waals surface area contributed by atoms with Crippen molar-refractivity contribution in [2.75, 3.05) is 16.4 Å². The van der Waals surface area contributed by atoms with Gasteiger partial charge in [-0.1, -0.05) is 78.9 Å². The van der Waals surface area contributed by atoms with E-state index in [-0.39, 0.29) is 43.6 Å². The molecule has 13 nitrogen and oxygen atoms in total. The normalized spacial score (nSPS) is 21.2. The summed E-state index contributed by atoms with van der Waals surface area (Å²) >= 11 is 0. The molecule has 0 saturated carbocycles. The van der Waals surface area contributed by atoms with Crippen molar-refractivity contribution in [3.63, 3.8) is 0 Å². The smallest absolute Gasteiger partial charge is 0.269 e. The van der Waals surface area contributed by atoms with Crippen molar-refractivity contribution in [2.45, 2.75) is 62.7 Å². The summed E-state index contributed by atoms with van der Waals surface area (Å²) in [5.74, 6) is -0.873. The first-order valence-corrected chi connectivity index (χ1v) is 23.2. The van der Waals surface area contributed by atoms with E-state index in [1.54, 1.807) is 76.2 Å². The molecule has 1 spiro atoms. The molecule has 1 unspecified atom stereocenters. The van der Waals surface area contributed by atoms with Crippen LogP contribution in [-0.4, -0.2) is 58.0 Å². The number of aliphatic hydroxyl groups excluding tert-OH is 1. The molecule has 4 heterocycles. The van der Waals surface area contributed by atoms with Gasteiger partial charge in [0.25, 0.3) is 17.5 Å². The number of hydrogen-bond donors (Lipinski definition) is 1. The number of aliphatic hydroxyl groups is 1. The number of benzene rings is 5. The molecule has 1 saturated heterocycles. The van der Waals surface area contributed by atoms with Crippen LogP contribution < -0.4 is 14.5 Å². The van der Waals surface area contributed by atoms with Crippen LogP contribution in [0.2, 0.25) is 18.6 Å². The summed E-state index contributed by atoms with van der Waals surface area (Å²) in [7, 11) is -3.57. The molecule has 5 aromatic carbocycles. The van der Waals surface area contributed by atoms with E-state index in [1.807, 2.05) is 73.7 Å². The third kappa shape index (κ3) is 6.87. The van der Waals surface area contributed by atoms with Gasteiger partial charge in [-0.15, -0.1) is 5.10 Å². The maximum Gasteiger partial charge on any atom is 0.269 e. The second-order valence-electron chi connectivity index (χ2n) is 16.3. The van der Waals surface area contributed by atoms with Crippen LogP contribution in [0.3, 0.4) is 0 Å². The number of nitro groups is 1. The molecule has 310 valence electrons. The summed E-state index contributed by atoms with van der Waals surface area (Å²) in [4.78, 5) is 44.2. The van der Waals surface area contributed by atoms with Gasteiger partial charge >= 0.3 is 0 Å². The molecular weight excluding hydrogens is 796 g/mol. The lowest BCUT2D eigenvalue weighted by atomic mass is 9.82. The Bertz CT molecular complexity index is 2670. The number of non-ortho nitro benzene ring substituents is 1. The summed E-state index contributed by atoms with van der Waals surface area (Å²) in [6, 6.07) is 35.4. The number of anilines is 3. The predicted molar refractivity (Wildman–Crippen MR) is 228 cm³/mol. The number of carbonyl (C=O) groups excluding carboxylic acids is 2. The van der Waals surface area contributed by atoms with Gasteiger partial charge < -0.3 is 23.6 Å². The van der Waals surface area contributed by atoms with Gasteiger partial charge in [-0.2, -0.15) is 0 Å². The van der Waals surface area contributed by atoms with Crippen molar-refractivity contribution in [1.82, 2.24) is 15.0 Å². The molecule has 1 aromatic heterocycles. The highest BCUT2D eigenvalue weighted by molar-refractivity contribution is 6.72. The number of amides is 2. The molecule has 9 rings (SSSR count). The maximum absolute atomic E-state index is 16.7. The van der Waals surface area contributed by atoms with Crippen LogP contribution in [0, 0.1) is 16.0 Å². The van der Waals surface area contributed by atoms with Crippen molar-refractivity contribution in [3.05, 3.63) is 166 Å². The monoisotopic (exact) mass is 838 g/mol. The highest BCUT2D eigenvalue weighted by atomic mass is 28.4. The fourth-order valence-corrected chi connectivity index (χ4v) is 12.1. The number of halogens is 1.